The summed E-state index contributed by atoms with van der Waals surface area (Å²) in [6.07, 6.45) is -2.36. The summed E-state index contributed by atoms with van der Waals surface area (Å²) >= 11 is 0. The molecule has 0 unspecified atom stereocenters. The van der Waals surface area contributed by atoms with Gasteiger partial charge in [-0.25, -0.2) is 4.18 Å². The van der Waals surface area contributed by atoms with Gasteiger partial charge in [-0.3, -0.25) is 0 Å². The van der Waals surface area contributed by atoms with Crippen molar-refractivity contribution in [3.8, 4) is 0 Å². The molecule has 0 N–H and O–H groups in total. The van der Waals surface area contributed by atoms with Gasteiger partial charge in [-0.1, -0.05) is 97.1 Å². The SMILES string of the molecule is C=CCN1[C@H]2O[C@H](COCc3ccccc3)[C@@H](OCc3ccccc3)[C@H](OCc3ccccc3)[C@H]2OS1(=O)=O. The van der Waals surface area contributed by atoms with Crippen molar-refractivity contribution in [2.75, 3.05) is 13.2 Å². The molecule has 8 nitrogen and oxygen atoms in total. The van der Waals surface area contributed by atoms with Crippen LogP contribution in [0.15, 0.2) is 104 Å². The highest BCUT2D eigenvalue weighted by Gasteiger charge is 2.58. The van der Waals surface area contributed by atoms with E-state index in [9.17, 15) is 8.42 Å². The van der Waals surface area contributed by atoms with Crippen molar-refractivity contribution < 1.29 is 31.5 Å². The van der Waals surface area contributed by atoms with Crippen LogP contribution in [-0.2, 0) is 53.3 Å². The van der Waals surface area contributed by atoms with E-state index in [0.717, 1.165) is 16.7 Å². The first-order chi connectivity index (χ1) is 19.0. The van der Waals surface area contributed by atoms with Crippen molar-refractivity contribution in [1.82, 2.24) is 4.31 Å². The van der Waals surface area contributed by atoms with E-state index in [1.54, 1.807) is 0 Å². The fraction of sp³-hybridized carbons (Fsp3) is 0.333. The van der Waals surface area contributed by atoms with Gasteiger partial charge in [0, 0.05) is 6.54 Å². The van der Waals surface area contributed by atoms with E-state index in [1.165, 1.54) is 10.4 Å². The second-order valence-electron chi connectivity index (χ2n) is 9.47. The maximum Gasteiger partial charge on any atom is 0.341 e. The third-order valence-electron chi connectivity index (χ3n) is 6.69. The first kappa shape index (κ1) is 27.7. The van der Waals surface area contributed by atoms with E-state index in [2.05, 4.69) is 6.58 Å². The van der Waals surface area contributed by atoms with Gasteiger partial charge in [0.2, 0.25) is 0 Å². The molecule has 0 bridgehead atoms. The van der Waals surface area contributed by atoms with E-state index in [4.69, 9.17) is 23.1 Å². The number of ether oxygens (including phenoxy) is 4. The Kier molecular flexibility index (Phi) is 9.21. The van der Waals surface area contributed by atoms with Crippen LogP contribution in [0.2, 0.25) is 0 Å². The van der Waals surface area contributed by atoms with Gasteiger partial charge >= 0.3 is 10.3 Å². The fourth-order valence-corrected chi connectivity index (χ4v) is 6.11. The average Bonchev–Trinajstić information content (AvgIpc) is 3.21. The molecule has 0 spiro atoms. The Morgan fingerprint density at radius 2 is 1.28 bits per heavy atom. The lowest BCUT2D eigenvalue weighted by Gasteiger charge is -2.43. The minimum atomic E-state index is -4.06. The highest BCUT2D eigenvalue weighted by Crippen LogP contribution is 2.38. The molecule has 0 aliphatic carbocycles. The van der Waals surface area contributed by atoms with Gasteiger partial charge in [-0.15, -0.1) is 10.9 Å². The number of nitrogens with zero attached hydrogens (tertiary/aromatic N) is 1. The molecular formula is C30H33NO7S. The van der Waals surface area contributed by atoms with Crippen LogP contribution in [0, 0.1) is 0 Å². The highest BCUT2D eigenvalue weighted by molar-refractivity contribution is 7.84. The Morgan fingerprint density at radius 1 is 0.769 bits per heavy atom. The van der Waals surface area contributed by atoms with Gasteiger partial charge in [0.1, 0.15) is 24.4 Å². The lowest BCUT2D eigenvalue weighted by Crippen LogP contribution is -2.61. The number of benzene rings is 3. The first-order valence-corrected chi connectivity index (χ1v) is 14.3. The monoisotopic (exact) mass is 551 g/mol. The molecule has 2 heterocycles. The second kappa shape index (κ2) is 13.0. The molecule has 5 rings (SSSR count). The number of fused-ring (bicyclic) bond motifs is 1. The molecule has 3 aromatic rings. The third-order valence-corrected chi connectivity index (χ3v) is 8.08. The van der Waals surface area contributed by atoms with Crippen LogP contribution < -0.4 is 0 Å². The summed E-state index contributed by atoms with van der Waals surface area (Å²) in [6.45, 7) is 4.84. The van der Waals surface area contributed by atoms with E-state index >= 15 is 0 Å². The van der Waals surface area contributed by atoms with Crippen LogP contribution in [0.3, 0.4) is 0 Å². The lowest BCUT2D eigenvalue weighted by molar-refractivity contribution is -0.261. The normalized spacial score (nSPS) is 26.2. The summed E-state index contributed by atoms with van der Waals surface area (Å²) in [6, 6.07) is 29.3. The number of hydrogen-bond donors (Lipinski definition) is 0. The molecule has 0 aromatic heterocycles. The smallest absolute Gasteiger partial charge is 0.341 e. The van der Waals surface area contributed by atoms with Crippen LogP contribution in [0.1, 0.15) is 16.7 Å². The van der Waals surface area contributed by atoms with E-state index < -0.39 is 40.9 Å². The number of hydrogen-bond acceptors (Lipinski definition) is 7. The van der Waals surface area contributed by atoms with Crippen LogP contribution in [0.4, 0.5) is 0 Å². The van der Waals surface area contributed by atoms with Crippen molar-refractivity contribution in [3.05, 3.63) is 120 Å². The maximum atomic E-state index is 13.0. The summed E-state index contributed by atoms with van der Waals surface area (Å²) < 4.78 is 58.0. The third kappa shape index (κ3) is 6.82. The topological polar surface area (TPSA) is 83.5 Å². The maximum absolute atomic E-state index is 13.0. The molecule has 206 valence electrons. The predicted octanol–water partition coefficient (Wildman–Crippen LogP) is 4.23. The van der Waals surface area contributed by atoms with Gasteiger partial charge < -0.3 is 18.9 Å². The number of rotatable bonds is 12. The van der Waals surface area contributed by atoms with Crippen molar-refractivity contribution >= 4 is 10.3 Å². The Hall–Kier alpha value is -2.89. The van der Waals surface area contributed by atoms with Gasteiger partial charge in [0.15, 0.2) is 6.23 Å². The Balaban J connectivity index is 1.42. The first-order valence-electron chi connectivity index (χ1n) is 12.9. The minimum absolute atomic E-state index is 0.0437. The summed E-state index contributed by atoms with van der Waals surface area (Å²) in [5.74, 6) is 0. The largest absolute Gasteiger partial charge is 0.374 e. The molecule has 0 radical (unpaired) electrons. The summed E-state index contributed by atoms with van der Waals surface area (Å²) in [5, 5.41) is 0. The standard InChI is InChI=1S/C30H33NO7S/c1-2-18-31-30-29(38-39(31,32)33)28(36-21-25-16-10-5-11-17-25)27(35-20-24-14-8-4-9-15-24)26(37-30)22-34-19-23-12-6-3-7-13-23/h2-17,26-30H,1,18-22H2/t26-,27-,28+,29-,30+/m1/s1. The molecule has 9 heteroatoms. The quantitative estimate of drug-likeness (QED) is 0.312. The van der Waals surface area contributed by atoms with Gasteiger partial charge in [-0.2, -0.15) is 8.42 Å². The molecule has 3 aromatic carbocycles. The molecule has 5 atom stereocenters. The molecule has 0 saturated carbocycles. The Morgan fingerprint density at radius 3 is 1.82 bits per heavy atom. The molecule has 0 amide bonds. The summed E-state index contributed by atoms with van der Waals surface area (Å²) in [7, 11) is -4.06. The van der Waals surface area contributed by atoms with Crippen LogP contribution in [0.25, 0.3) is 0 Å². The van der Waals surface area contributed by atoms with E-state index in [0.29, 0.717) is 6.61 Å². The van der Waals surface area contributed by atoms with Crippen LogP contribution >= 0.6 is 0 Å². The Bertz CT molecular complexity index is 1290. The van der Waals surface area contributed by atoms with Crippen molar-refractivity contribution in [2.24, 2.45) is 0 Å². The van der Waals surface area contributed by atoms with Gasteiger partial charge in [-0.05, 0) is 16.7 Å². The van der Waals surface area contributed by atoms with Gasteiger partial charge in [0.25, 0.3) is 0 Å². The zero-order valence-electron chi connectivity index (χ0n) is 21.6. The van der Waals surface area contributed by atoms with Crippen molar-refractivity contribution in [3.63, 3.8) is 0 Å². The fourth-order valence-electron chi connectivity index (χ4n) is 4.80. The zero-order valence-corrected chi connectivity index (χ0v) is 22.4. The lowest BCUT2D eigenvalue weighted by atomic mass is 9.97. The van der Waals surface area contributed by atoms with Crippen LogP contribution in [0.5, 0.6) is 0 Å². The molecule has 2 aliphatic rings. The molecular weight excluding hydrogens is 518 g/mol. The average molecular weight is 552 g/mol. The van der Waals surface area contributed by atoms with Crippen molar-refractivity contribution in [2.45, 2.75) is 50.5 Å². The van der Waals surface area contributed by atoms with Crippen LogP contribution in [-0.4, -0.2) is 56.5 Å². The van der Waals surface area contributed by atoms with Gasteiger partial charge in [0.05, 0.1) is 26.4 Å². The molecule has 2 aliphatic heterocycles. The molecule has 39 heavy (non-hydrogen) atoms. The summed E-state index contributed by atoms with van der Waals surface area (Å²) in [5.41, 5.74) is 2.94. The zero-order chi connectivity index (χ0) is 27.1. The summed E-state index contributed by atoms with van der Waals surface area (Å²) in [4.78, 5) is 0. The van der Waals surface area contributed by atoms with E-state index in [1.807, 2.05) is 91.0 Å². The Labute approximate surface area is 230 Å². The molecule has 2 fully saturated rings. The van der Waals surface area contributed by atoms with Crippen molar-refractivity contribution in [1.29, 1.82) is 0 Å². The highest BCUT2D eigenvalue weighted by atomic mass is 32.2. The second-order valence-corrected chi connectivity index (χ2v) is 11.0. The van der Waals surface area contributed by atoms with E-state index in [-0.39, 0.29) is 26.4 Å². The minimum Gasteiger partial charge on any atom is -0.374 e. The predicted molar refractivity (Wildman–Crippen MR) is 145 cm³/mol. The molecule has 2 saturated heterocycles.